The lowest BCUT2D eigenvalue weighted by molar-refractivity contribution is -0.130. The maximum atomic E-state index is 12.7. The Morgan fingerprint density at radius 3 is 2.35 bits per heavy atom. The van der Waals surface area contributed by atoms with Gasteiger partial charge in [-0.15, -0.1) is 0 Å². The smallest absolute Gasteiger partial charge is 0.251 e. The molecule has 0 heterocycles. The van der Waals surface area contributed by atoms with Gasteiger partial charge in [-0.2, -0.15) is 0 Å². The van der Waals surface area contributed by atoms with Crippen LogP contribution in [0.3, 0.4) is 0 Å². The molecule has 1 N–H and O–H groups in total. The average molecular weight is 280 g/mol. The van der Waals surface area contributed by atoms with Gasteiger partial charge in [0.25, 0.3) is 5.91 Å². The lowest BCUT2D eigenvalue weighted by Gasteiger charge is -2.25. The number of benzene rings is 1. The molecule has 0 aliphatic rings. The van der Waals surface area contributed by atoms with E-state index in [2.05, 4.69) is 5.32 Å². The summed E-state index contributed by atoms with van der Waals surface area (Å²) in [6.45, 7) is 6.54. The number of carbonyl (C=O) groups excluding carboxylic acids is 2. The van der Waals surface area contributed by atoms with Crippen LogP contribution in [0.15, 0.2) is 24.3 Å². The summed E-state index contributed by atoms with van der Waals surface area (Å²) < 4.78 is 12.7. The molecule has 0 bridgehead atoms. The molecule has 0 aliphatic carbocycles. The Morgan fingerprint density at radius 2 is 1.85 bits per heavy atom. The molecule has 0 spiro atoms. The normalized spacial score (nSPS) is 10.4. The highest BCUT2D eigenvalue weighted by molar-refractivity contribution is 5.94. The van der Waals surface area contributed by atoms with Gasteiger partial charge in [0.1, 0.15) is 5.82 Å². The Kier molecular flexibility index (Phi) is 6.15. The van der Waals surface area contributed by atoms with Crippen molar-refractivity contribution in [2.75, 3.05) is 13.1 Å². The van der Waals surface area contributed by atoms with E-state index in [-0.39, 0.29) is 23.7 Å². The summed E-state index contributed by atoms with van der Waals surface area (Å²) in [6.07, 6.45) is 0.685. The van der Waals surface area contributed by atoms with Crippen molar-refractivity contribution in [3.8, 4) is 0 Å². The standard InChI is InChI=1S/C15H21FN2O2/c1-11(2)18(12(3)19)10-4-9-17-15(20)13-5-7-14(16)8-6-13/h5-8,11H,4,9-10H2,1-3H3,(H,17,20). The number of nitrogens with zero attached hydrogens (tertiary/aromatic N) is 1. The van der Waals surface area contributed by atoms with Crippen molar-refractivity contribution in [3.63, 3.8) is 0 Å². The Hall–Kier alpha value is -1.91. The molecule has 0 atom stereocenters. The fourth-order valence-electron chi connectivity index (χ4n) is 1.93. The minimum atomic E-state index is -0.365. The van der Waals surface area contributed by atoms with Crippen LogP contribution in [0.2, 0.25) is 0 Å². The Morgan fingerprint density at radius 1 is 1.25 bits per heavy atom. The molecule has 1 aromatic rings. The Labute approximate surface area is 119 Å². The molecule has 0 fully saturated rings. The first-order valence-electron chi connectivity index (χ1n) is 6.72. The number of hydrogen-bond donors (Lipinski definition) is 1. The van der Waals surface area contributed by atoms with Crippen molar-refractivity contribution in [2.45, 2.75) is 33.2 Å². The highest BCUT2D eigenvalue weighted by Crippen LogP contribution is 2.03. The van der Waals surface area contributed by atoms with Gasteiger partial charge in [-0.3, -0.25) is 9.59 Å². The van der Waals surface area contributed by atoms with E-state index in [1.807, 2.05) is 13.8 Å². The molecule has 1 rings (SSSR count). The second-order valence-corrected chi connectivity index (χ2v) is 4.92. The van der Waals surface area contributed by atoms with Gasteiger partial charge in [0.05, 0.1) is 0 Å². The van der Waals surface area contributed by atoms with E-state index in [1.54, 1.807) is 4.90 Å². The third-order valence-corrected chi connectivity index (χ3v) is 3.00. The van der Waals surface area contributed by atoms with E-state index in [0.29, 0.717) is 25.1 Å². The van der Waals surface area contributed by atoms with E-state index in [9.17, 15) is 14.0 Å². The summed E-state index contributed by atoms with van der Waals surface area (Å²) in [4.78, 5) is 24.9. The van der Waals surface area contributed by atoms with Crippen molar-refractivity contribution < 1.29 is 14.0 Å². The van der Waals surface area contributed by atoms with Gasteiger partial charge in [0.2, 0.25) is 5.91 Å². The van der Waals surface area contributed by atoms with Gasteiger partial charge in [-0.25, -0.2) is 4.39 Å². The lowest BCUT2D eigenvalue weighted by atomic mass is 10.2. The quantitative estimate of drug-likeness (QED) is 0.812. The first-order valence-corrected chi connectivity index (χ1v) is 6.72. The van der Waals surface area contributed by atoms with E-state index in [0.717, 1.165) is 0 Å². The van der Waals surface area contributed by atoms with E-state index >= 15 is 0 Å². The molecule has 0 unspecified atom stereocenters. The topological polar surface area (TPSA) is 49.4 Å². The minimum Gasteiger partial charge on any atom is -0.352 e. The SMILES string of the molecule is CC(=O)N(CCCNC(=O)c1ccc(F)cc1)C(C)C. The zero-order valence-electron chi connectivity index (χ0n) is 12.1. The van der Waals surface area contributed by atoms with Crippen LogP contribution in [0.25, 0.3) is 0 Å². The highest BCUT2D eigenvalue weighted by atomic mass is 19.1. The summed E-state index contributed by atoms with van der Waals surface area (Å²) in [5.74, 6) is -0.565. The zero-order valence-corrected chi connectivity index (χ0v) is 12.1. The van der Waals surface area contributed by atoms with Crippen LogP contribution in [-0.4, -0.2) is 35.8 Å². The molecule has 1 aromatic carbocycles. The minimum absolute atomic E-state index is 0.0323. The molecule has 0 radical (unpaired) electrons. The van der Waals surface area contributed by atoms with Crippen LogP contribution in [0.5, 0.6) is 0 Å². The maximum absolute atomic E-state index is 12.7. The lowest BCUT2D eigenvalue weighted by Crippen LogP contribution is -2.37. The molecule has 110 valence electrons. The molecular weight excluding hydrogens is 259 g/mol. The number of halogens is 1. The van der Waals surface area contributed by atoms with E-state index in [4.69, 9.17) is 0 Å². The molecule has 20 heavy (non-hydrogen) atoms. The number of nitrogens with one attached hydrogen (secondary N) is 1. The number of hydrogen-bond acceptors (Lipinski definition) is 2. The molecule has 4 nitrogen and oxygen atoms in total. The fraction of sp³-hybridized carbons (Fsp3) is 0.467. The summed E-state index contributed by atoms with van der Waals surface area (Å²) >= 11 is 0. The van der Waals surface area contributed by atoms with Crippen molar-refractivity contribution in [1.29, 1.82) is 0 Å². The maximum Gasteiger partial charge on any atom is 0.251 e. The summed E-state index contributed by atoms with van der Waals surface area (Å²) in [5, 5.41) is 2.75. The van der Waals surface area contributed by atoms with Crippen LogP contribution in [-0.2, 0) is 4.79 Å². The fourth-order valence-corrected chi connectivity index (χ4v) is 1.93. The zero-order chi connectivity index (χ0) is 15.1. The summed E-state index contributed by atoms with van der Waals surface area (Å²) in [5.41, 5.74) is 0.429. The van der Waals surface area contributed by atoms with Crippen LogP contribution < -0.4 is 5.32 Å². The highest BCUT2D eigenvalue weighted by Gasteiger charge is 2.12. The predicted molar refractivity (Wildman–Crippen MR) is 75.9 cm³/mol. The largest absolute Gasteiger partial charge is 0.352 e. The van der Waals surface area contributed by atoms with Gasteiger partial charge in [0, 0.05) is 31.6 Å². The molecule has 5 heteroatoms. The van der Waals surface area contributed by atoms with Crippen LogP contribution >= 0.6 is 0 Å². The summed E-state index contributed by atoms with van der Waals surface area (Å²) in [6, 6.07) is 5.55. The van der Waals surface area contributed by atoms with Crippen molar-refractivity contribution in [3.05, 3.63) is 35.6 Å². The first kappa shape index (κ1) is 16.1. The summed E-state index contributed by atoms with van der Waals surface area (Å²) in [7, 11) is 0. The van der Waals surface area contributed by atoms with Crippen molar-refractivity contribution in [2.24, 2.45) is 0 Å². The molecular formula is C15H21FN2O2. The van der Waals surface area contributed by atoms with E-state index in [1.165, 1.54) is 31.2 Å². The van der Waals surface area contributed by atoms with Crippen LogP contribution in [0.4, 0.5) is 4.39 Å². The number of rotatable bonds is 6. The van der Waals surface area contributed by atoms with Gasteiger partial charge in [-0.1, -0.05) is 0 Å². The molecule has 0 aliphatic heterocycles. The van der Waals surface area contributed by atoms with Crippen molar-refractivity contribution in [1.82, 2.24) is 10.2 Å². The second-order valence-electron chi connectivity index (χ2n) is 4.92. The van der Waals surface area contributed by atoms with Crippen LogP contribution in [0.1, 0.15) is 37.6 Å². The van der Waals surface area contributed by atoms with Gasteiger partial charge >= 0.3 is 0 Å². The predicted octanol–water partition coefficient (Wildman–Crippen LogP) is 2.20. The van der Waals surface area contributed by atoms with Crippen LogP contribution in [0, 0.1) is 5.82 Å². The third-order valence-electron chi connectivity index (χ3n) is 3.00. The van der Waals surface area contributed by atoms with Crippen molar-refractivity contribution >= 4 is 11.8 Å². The van der Waals surface area contributed by atoms with Gasteiger partial charge in [0.15, 0.2) is 0 Å². The molecule has 0 saturated heterocycles. The Balaban J connectivity index is 2.35. The first-order chi connectivity index (χ1) is 9.41. The Bertz CT molecular complexity index is 457. The third kappa shape index (κ3) is 4.99. The molecule has 0 saturated carbocycles. The van der Waals surface area contributed by atoms with E-state index < -0.39 is 0 Å². The van der Waals surface area contributed by atoms with Gasteiger partial charge < -0.3 is 10.2 Å². The molecule has 0 aromatic heterocycles. The monoisotopic (exact) mass is 280 g/mol. The van der Waals surface area contributed by atoms with Gasteiger partial charge in [-0.05, 0) is 44.5 Å². The number of amides is 2. The second kappa shape index (κ2) is 7.62. The average Bonchev–Trinajstić information content (AvgIpc) is 2.38. The number of carbonyl (C=O) groups is 2. The molecule has 2 amide bonds.